The van der Waals surface area contributed by atoms with E-state index in [-0.39, 0.29) is 40.2 Å². The summed E-state index contributed by atoms with van der Waals surface area (Å²) in [5.41, 5.74) is -0.984. The van der Waals surface area contributed by atoms with E-state index in [4.69, 9.17) is 4.42 Å². The molecule has 36 heavy (non-hydrogen) atoms. The molecule has 2 heterocycles. The van der Waals surface area contributed by atoms with E-state index in [1.54, 1.807) is 36.4 Å². The van der Waals surface area contributed by atoms with Crippen LogP contribution in [0.4, 0.5) is 23.2 Å². The molecular formula is C27H22F4N2O3. The van der Waals surface area contributed by atoms with Crippen molar-refractivity contribution in [3.63, 3.8) is 0 Å². The fraction of sp³-hybridized carbons (Fsp3) is 0.222. The number of alkyl halides is 3. The summed E-state index contributed by atoms with van der Waals surface area (Å²) in [6.07, 6.45) is -4.92. The van der Waals surface area contributed by atoms with Crippen molar-refractivity contribution in [3.05, 3.63) is 94.1 Å². The molecule has 1 N–H and O–H groups in total. The lowest BCUT2D eigenvalue weighted by Gasteiger charge is -2.36. The molecule has 4 aromatic rings. The van der Waals surface area contributed by atoms with Gasteiger partial charge >= 0.3 is 6.18 Å². The van der Waals surface area contributed by atoms with E-state index in [0.29, 0.717) is 31.9 Å². The second kappa shape index (κ2) is 9.31. The maximum absolute atomic E-state index is 14.2. The van der Waals surface area contributed by atoms with Gasteiger partial charge in [-0.05, 0) is 29.8 Å². The SMILES string of the molecule is O=c1c(-c2ccccc2)c(C(F)(F)F)oc2c(CN3CCN(c4ccccc4F)CC3)c(O)ccc12. The van der Waals surface area contributed by atoms with Crippen LogP contribution in [0.25, 0.3) is 22.1 Å². The summed E-state index contributed by atoms with van der Waals surface area (Å²) < 4.78 is 61.6. The zero-order valence-electron chi connectivity index (χ0n) is 19.1. The molecule has 1 aromatic heterocycles. The third-order valence-electron chi connectivity index (χ3n) is 6.41. The minimum atomic E-state index is -4.92. The second-order valence-electron chi connectivity index (χ2n) is 8.65. The zero-order valence-corrected chi connectivity index (χ0v) is 19.1. The number of fused-ring (bicyclic) bond motifs is 1. The average molecular weight is 498 g/mol. The van der Waals surface area contributed by atoms with Gasteiger partial charge in [0.1, 0.15) is 17.1 Å². The molecule has 5 nitrogen and oxygen atoms in total. The Morgan fingerprint density at radius 1 is 0.889 bits per heavy atom. The molecule has 5 rings (SSSR count). The molecule has 0 bridgehead atoms. The Kier molecular flexibility index (Phi) is 6.17. The first kappa shape index (κ1) is 23.9. The summed E-state index contributed by atoms with van der Waals surface area (Å²) in [4.78, 5) is 17.1. The third-order valence-corrected chi connectivity index (χ3v) is 6.41. The van der Waals surface area contributed by atoms with Crippen molar-refractivity contribution in [2.45, 2.75) is 12.7 Å². The maximum Gasteiger partial charge on any atom is 0.450 e. The Labute approximate surface area is 203 Å². The Morgan fingerprint density at radius 3 is 2.22 bits per heavy atom. The van der Waals surface area contributed by atoms with Crippen LogP contribution in [0.2, 0.25) is 0 Å². The van der Waals surface area contributed by atoms with Crippen LogP contribution >= 0.6 is 0 Å². The van der Waals surface area contributed by atoms with Crippen LogP contribution in [0.15, 0.2) is 75.9 Å². The summed E-state index contributed by atoms with van der Waals surface area (Å²) in [5, 5.41) is 10.5. The molecule has 186 valence electrons. The Hall–Kier alpha value is -3.85. The highest BCUT2D eigenvalue weighted by molar-refractivity contribution is 5.86. The number of hydrogen-bond acceptors (Lipinski definition) is 5. The van der Waals surface area contributed by atoms with E-state index >= 15 is 0 Å². The normalized spacial score (nSPS) is 14.9. The van der Waals surface area contributed by atoms with Gasteiger partial charge in [0.05, 0.1) is 22.2 Å². The van der Waals surface area contributed by atoms with Gasteiger partial charge in [-0.1, -0.05) is 42.5 Å². The van der Waals surface area contributed by atoms with Crippen molar-refractivity contribution in [2.24, 2.45) is 0 Å². The van der Waals surface area contributed by atoms with E-state index in [1.807, 2.05) is 9.80 Å². The lowest BCUT2D eigenvalue weighted by molar-refractivity contribution is -0.152. The molecule has 1 fully saturated rings. The number of phenolic OH excluding ortho intramolecular Hbond substituents is 1. The highest BCUT2D eigenvalue weighted by Crippen LogP contribution is 2.39. The number of piperazine rings is 1. The monoisotopic (exact) mass is 498 g/mol. The van der Waals surface area contributed by atoms with Gasteiger partial charge in [0.2, 0.25) is 11.2 Å². The number of aromatic hydroxyl groups is 1. The quantitative estimate of drug-likeness (QED) is 0.369. The van der Waals surface area contributed by atoms with Gasteiger partial charge in [0.25, 0.3) is 0 Å². The molecule has 0 amide bonds. The minimum absolute atomic E-state index is 0.0420. The Morgan fingerprint density at radius 2 is 1.56 bits per heavy atom. The summed E-state index contributed by atoms with van der Waals surface area (Å²) in [6, 6.07) is 16.6. The largest absolute Gasteiger partial charge is 0.507 e. The van der Waals surface area contributed by atoms with E-state index in [9.17, 15) is 27.5 Å². The predicted molar refractivity (Wildman–Crippen MR) is 128 cm³/mol. The minimum Gasteiger partial charge on any atom is -0.507 e. The van der Waals surface area contributed by atoms with Crippen molar-refractivity contribution < 1.29 is 27.1 Å². The second-order valence-corrected chi connectivity index (χ2v) is 8.65. The van der Waals surface area contributed by atoms with E-state index in [2.05, 4.69) is 0 Å². The topological polar surface area (TPSA) is 56.9 Å². The zero-order chi connectivity index (χ0) is 25.4. The molecule has 0 spiro atoms. The number of benzene rings is 3. The standard InChI is InChI=1S/C27H22F4N2O3/c28-20-8-4-5-9-21(20)33-14-12-32(13-15-33)16-19-22(34)11-10-18-24(35)23(17-6-2-1-3-7-17)26(27(29,30)31)36-25(18)19/h1-11,34H,12-16H2. The average Bonchev–Trinajstić information content (AvgIpc) is 2.86. The van der Waals surface area contributed by atoms with Crippen molar-refractivity contribution in [1.29, 1.82) is 0 Å². The fourth-order valence-electron chi connectivity index (χ4n) is 4.60. The molecule has 9 heteroatoms. The molecule has 1 aliphatic rings. The third kappa shape index (κ3) is 4.42. The van der Waals surface area contributed by atoms with Crippen LogP contribution in [-0.2, 0) is 12.7 Å². The highest BCUT2D eigenvalue weighted by Gasteiger charge is 2.40. The number of hydrogen-bond donors (Lipinski definition) is 1. The summed E-state index contributed by atoms with van der Waals surface area (Å²) in [5.74, 6) is -1.99. The van der Waals surface area contributed by atoms with Crippen molar-refractivity contribution >= 4 is 16.7 Å². The molecule has 0 atom stereocenters. The van der Waals surface area contributed by atoms with E-state index in [1.165, 1.54) is 30.3 Å². The van der Waals surface area contributed by atoms with E-state index < -0.39 is 22.9 Å². The smallest absolute Gasteiger partial charge is 0.450 e. The van der Waals surface area contributed by atoms with Crippen LogP contribution in [0.5, 0.6) is 5.75 Å². The molecule has 1 aliphatic heterocycles. The van der Waals surface area contributed by atoms with Gasteiger partial charge in [-0.2, -0.15) is 13.2 Å². The van der Waals surface area contributed by atoms with Gasteiger partial charge in [-0.3, -0.25) is 9.69 Å². The van der Waals surface area contributed by atoms with E-state index in [0.717, 1.165) is 0 Å². The lowest BCUT2D eigenvalue weighted by Crippen LogP contribution is -2.46. The van der Waals surface area contributed by atoms with Crippen molar-refractivity contribution in [1.82, 2.24) is 4.90 Å². The number of para-hydroxylation sites is 1. The molecule has 0 saturated carbocycles. The number of anilines is 1. The Bertz CT molecular complexity index is 1460. The van der Waals surface area contributed by atoms with Gasteiger partial charge in [-0.25, -0.2) is 4.39 Å². The molecule has 0 radical (unpaired) electrons. The number of halogens is 4. The first-order valence-electron chi connectivity index (χ1n) is 11.4. The van der Waals surface area contributed by atoms with Crippen LogP contribution in [-0.4, -0.2) is 36.2 Å². The number of rotatable bonds is 4. The van der Waals surface area contributed by atoms with Gasteiger partial charge in [-0.15, -0.1) is 0 Å². The van der Waals surface area contributed by atoms with Gasteiger partial charge in [0.15, 0.2) is 0 Å². The first-order valence-corrected chi connectivity index (χ1v) is 11.4. The summed E-state index contributed by atoms with van der Waals surface area (Å²) in [6.45, 7) is 2.00. The van der Waals surface area contributed by atoms with Crippen LogP contribution in [0, 0.1) is 5.82 Å². The Balaban J connectivity index is 1.52. The highest BCUT2D eigenvalue weighted by atomic mass is 19.4. The van der Waals surface area contributed by atoms with Crippen LogP contribution in [0.1, 0.15) is 11.3 Å². The molecule has 3 aromatic carbocycles. The molecule has 0 aliphatic carbocycles. The van der Waals surface area contributed by atoms with Crippen LogP contribution in [0.3, 0.4) is 0 Å². The molecule has 1 saturated heterocycles. The molecule has 0 unspecified atom stereocenters. The van der Waals surface area contributed by atoms with Gasteiger partial charge < -0.3 is 14.4 Å². The fourth-order valence-corrected chi connectivity index (χ4v) is 4.60. The summed E-state index contributed by atoms with van der Waals surface area (Å²) in [7, 11) is 0. The maximum atomic E-state index is 14.2. The van der Waals surface area contributed by atoms with Crippen LogP contribution < -0.4 is 10.3 Å². The summed E-state index contributed by atoms with van der Waals surface area (Å²) >= 11 is 0. The number of phenols is 1. The first-order chi connectivity index (χ1) is 17.2. The number of nitrogens with zero attached hydrogens (tertiary/aromatic N) is 2. The lowest BCUT2D eigenvalue weighted by atomic mass is 10.00. The predicted octanol–water partition coefficient (Wildman–Crippen LogP) is 5.65. The van der Waals surface area contributed by atoms with Crippen molar-refractivity contribution in [3.8, 4) is 16.9 Å². The van der Waals surface area contributed by atoms with Gasteiger partial charge in [0, 0.05) is 32.7 Å². The molecular weight excluding hydrogens is 476 g/mol. The van der Waals surface area contributed by atoms with Crippen molar-refractivity contribution in [2.75, 3.05) is 31.1 Å².